The van der Waals surface area contributed by atoms with Crippen molar-refractivity contribution in [3.8, 4) is 5.69 Å². The molecule has 1 aromatic carbocycles. The molecule has 1 N–H and O–H groups in total. The number of carbonyl (C=O) groups is 1. The molecule has 3 aromatic rings. The van der Waals surface area contributed by atoms with Gasteiger partial charge in [-0.2, -0.15) is 0 Å². The summed E-state index contributed by atoms with van der Waals surface area (Å²) in [5, 5.41) is 2.80. The second kappa shape index (κ2) is 4.77. The van der Waals surface area contributed by atoms with Gasteiger partial charge in [0.05, 0.1) is 6.33 Å². The molecule has 2 aromatic heterocycles. The molecule has 0 fully saturated rings. The van der Waals surface area contributed by atoms with Crippen LogP contribution in [0.1, 0.15) is 0 Å². The van der Waals surface area contributed by atoms with Gasteiger partial charge >= 0.3 is 6.03 Å². The Hall–Kier alpha value is -2.89. The zero-order valence-corrected chi connectivity index (χ0v) is 9.97. The van der Waals surface area contributed by atoms with Crippen LogP contribution in [0.25, 0.3) is 5.69 Å². The minimum absolute atomic E-state index is 0.250. The van der Waals surface area contributed by atoms with E-state index in [2.05, 4.69) is 15.3 Å². The van der Waals surface area contributed by atoms with Crippen LogP contribution in [0.4, 0.5) is 10.5 Å². The Labute approximate surface area is 109 Å². The number of hydrogen-bond donors (Lipinski definition) is 1. The topological polar surface area (TPSA) is 64.7 Å². The molecule has 0 bridgehead atoms. The van der Waals surface area contributed by atoms with Gasteiger partial charge in [-0.1, -0.05) is 6.07 Å². The number of nitrogens with zero attached hydrogens (tertiary/aromatic N) is 4. The SMILES string of the molecule is O=C(Nc1cccc(-n2ccnc2)c1)n1ccnc1. The van der Waals surface area contributed by atoms with Crippen molar-refractivity contribution in [1.29, 1.82) is 0 Å². The second-order valence-corrected chi connectivity index (χ2v) is 3.92. The van der Waals surface area contributed by atoms with Crippen molar-refractivity contribution in [3.05, 3.63) is 61.7 Å². The molecule has 0 aliphatic rings. The van der Waals surface area contributed by atoms with Crippen molar-refractivity contribution in [3.63, 3.8) is 0 Å². The van der Waals surface area contributed by atoms with Gasteiger partial charge < -0.3 is 9.88 Å². The largest absolute Gasteiger partial charge is 0.331 e. The van der Waals surface area contributed by atoms with Crippen LogP contribution >= 0.6 is 0 Å². The first-order chi connectivity index (χ1) is 9.33. The Kier molecular flexibility index (Phi) is 2.82. The van der Waals surface area contributed by atoms with Gasteiger partial charge in [-0.05, 0) is 18.2 Å². The molecule has 6 nitrogen and oxygen atoms in total. The quantitative estimate of drug-likeness (QED) is 0.761. The normalized spacial score (nSPS) is 10.3. The predicted octanol–water partition coefficient (Wildman–Crippen LogP) is 2.15. The highest BCUT2D eigenvalue weighted by Gasteiger charge is 2.04. The van der Waals surface area contributed by atoms with Crippen LogP contribution in [0.15, 0.2) is 61.7 Å². The highest BCUT2D eigenvalue weighted by atomic mass is 16.2. The molecule has 94 valence electrons. The van der Waals surface area contributed by atoms with Gasteiger partial charge in [0.25, 0.3) is 0 Å². The Morgan fingerprint density at radius 3 is 2.68 bits per heavy atom. The average molecular weight is 253 g/mol. The third-order valence-electron chi connectivity index (χ3n) is 2.64. The van der Waals surface area contributed by atoms with E-state index in [0.717, 1.165) is 5.69 Å². The fraction of sp³-hybridized carbons (Fsp3) is 0. The third-order valence-corrected chi connectivity index (χ3v) is 2.64. The van der Waals surface area contributed by atoms with Crippen LogP contribution in [0.5, 0.6) is 0 Å². The molecular formula is C13H11N5O. The van der Waals surface area contributed by atoms with Gasteiger partial charge in [0, 0.05) is 36.2 Å². The van der Waals surface area contributed by atoms with E-state index >= 15 is 0 Å². The summed E-state index contributed by atoms with van der Waals surface area (Å²) in [7, 11) is 0. The molecule has 3 rings (SSSR count). The van der Waals surface area contributed by atoms with Crippen LogP contribution in [-0.2, 0) is 0 Å². The number of amides is 1. The van der Waals surface area contributed by atoms with Crippen LogP contribution in [0.2, 0.25) is 0 Å². The van der Waals surface area contributed by atoms with Crippen LogP contribution in [0, 0.1) is 0 Å². The number of carbonyl (C=O) groups excluding carboxylic acids is 1. The highest BCUT2D eigenvalue weighted by Crippen LogP contribution is 2.14. The maximum absolute atomic E-state index is 11.9. The standard InChI is InChI=1S/C13H11N5O/c19-13(18-7-5-15-10-18)16-11-2-1-3-12(8-11)17-6-4-14-9-17/h1-10H,(H,16,19). The van der Waals surface area contributed by atoms with Crippen molar-refractivity contribution in [2.75, 3.05) is 5.32 Å². The summed E-state index contributed by atoms with van der Waals surface area (Å²) in [6.45, 7) is 0. The number of rotatable bonds is 2. The summed E-state index contributed by atoms with van der Waals surface area (Å²) in [4.78, 5) is 19.7. The zero-order valence-electron chi connectivity index (χ0n) is 9.97. The first-order valence-electron chi connectivity index (χ1n) is 5.70. The zero-order chi connectivity index (χ0) is 13.1. The lowest BCUT2D eigenvalue weighted by Gasteiger charge is -2.07. The van der Waals surface area contributed by atoms with E-state index in [1.165, 1.54) is 10.9 Å². The lowest BCUT2D eigenvalue weighted by atomic mass is 10.3. The summed E-state index contributed by atoms with van der Waals surface area (Å²) < 4.78 is 3.25. The number of hydrogen-bond acceptors (Lipinski definition) is 3. The molecule has 0 aliphatic carbocycles. The number of nitrogens with one attached hydrogen (secondary N) is 1. The molecule has 0 radical (unpaired) electrons. The molecule has 0 atom stereocenters. The molecular weight excluding hydrogens is 242 g/mol. The van der Waals surface area contributed by atoms with Gasteiger partial charge in [-0.3, -0.25) is 4.57 Å². The number of aromatic nitrogens is 4. The van der Waals surface area contributed by atoms with Crippen molar-refractivity contribution >= 4 is 11.7 Å². The van der Waals surface area contributed by atoms with Gasteiger partial charge in [0.2, 0.25) is 0 Å². The summed E-state index contributed by atoms with van der Waals surface area (Å²) in [6, 6.07) is 7.26. The number of benzene rings is 1. The molecule has 0 spiro atoms. The second-order valence-electron chi connectivity index (χ2n) is 3.92. The molecule has 2 heterocycles. The van der Waals surface area contributed by atoms with Crippen molar-refractivity contribution in [1.82, 2.24) is 19.1 Å². The highest BCUT2D eigenvalue weighted by molar-refractivity contribution is 5.91. The first kappa shape index (κ1) is 11.2. The van der Waals surface area contributed by atoms with Gasteiger partial charge in [0.1, 0.15) is 6.33 Å². The number of imidazole rings is 2. The van der Waals surface area contributed by atoms with Crippen molar-refractivity contribution in [2.45, 2.75) is 0 Å². The predicted molar refractivity (Wildman–Crippen MR) is 70.2 cm³/mol. The first-order valence-corrected chi connectivity index (χ1v) is 5.70. The Balaban J connectivity index is 1.82. The maximum atomic E-state index is 11.9. The molecule has 0 unspecified atom stereocenters. The van der Waals surface area contributed by atoms with Crippen molar-refractivity contribution in [2.24, 2.45) is 0 Å². The monoisotopic (exact) mass is 253 g/mol. The lowest BCUT2D eigenvalue weighted by Crippen LogP contribution is -2.17. The van der Waals surface area contributed by atoms with E-state index in [-0.39, 0.29) is 6.03 Å². The third kappa shape index (κ3) is 2.37. The van der Waals surface area contributed by atoms with E-state index in [0.29, 0.717) is 5.69 Å². The van der Waals surface area contributed by atoms with Crippen molar-refractivity contribution < 1.29 is 4.79 Å². The number of anilines is 1. The van der Waals surface area contributed by atoms with E-state index in [1.54, 1.807) is 24.9 Å². The molecule has 0 aliphatic heterocycles. The molecule has 1 amide bonds. The minimum Gasteiger partial charge on any atom is -0.307 e. The van der Waals surface area contributed by atoms with Gasteiger partial charge in [-0.15, -0.1) is 0 Å². The smallest absolute Gasteiger partial charge is 0.307 e. The molecule has 0 saturated heterocycles. The lowest BCUT2D eigenvalue weighted by molar-refractivity contribution is 0.253. The summed E-state index contributed by atoms with van der Waals surface area (Å²) in [5.74, 6) is 0. The van der Waals surface area contributed by atoms with Crippen LogP contribution in [-0.4, -0.2) is 25.1 Å². The average Bonchev–Trinajstić information content (AvgIpc) is 3.13. The summed E-state index contributed by atoms with van der Waals surface area (Å²) in [5.41, 5.74) is 1.64. The van der Waals surface area contributed by atoms with E-state index in [9.17, 15) is 4.79 Å². The summed E-state index contributed by atoms with van der Waals surface area (Å²) in [6.07, 6.45) is 9.86. The Bertz CT molecular complexity index is 673. The molecule has 6 heteroatoms. The van der Waals surface area contributed by atoms with E-state index < -0.39 is 0 Å². The summed E-state index contributed by atoms with van der Waals surface area (Å²) >= 11 is 0. The molecule has 0 saturated carbocycles. The van der Waals surface area contributed by atoms with Gasteiger partial charge in [0.15, 0.2) is 0 Å². The minimum atomic E-state index is -0.250. The van der Waals surface area contributed by atoms with E-state index in [1.807, 2.05) is 35.0 Å². The Morgan fingerprint density at radius 2 is 1.95 bits per heavy atom. The fourth-order valence-corrected chi connectivity index (χ4v) is 1.72. The van der Waals surface area contributed by atoms with Crippen LogP contribution < -0.4 is 5.32 Å². The maximum Gasteiger partial charge on any atom is 0.331 e. The van der Waals surface area contributed by atoms with E-state index in [4.69, 9.17) is 0 Å². The fourth-order valence-electron chi connectivity index (χ4n) is 1.72. The van der Waals surface area contributed by atoms with Gasteiger partial charge in [-0.25, -0.2) is 14.8 Å². The Morgan fingerprint density at radius 1 is 1.11 bits per heavy atom. The van der Waals surface area contributed by atoms with Crippen LogP contribution in [0.3, 0.4) is 0 Å². The molecule has 19 heavy (non-hydrogen) atoms.